The van der Waals surface area contributed by atoms with E-state index < -0.39 is 10.0 Å². The minimum atomic E-state index is -3.90. The number of benzene rings is 3. The molecule has 0 atom stereocenters. The van der Waals surface area contributed by atoms with Gasteiger partial charge >= 0.3 is 0 Å². The van der Waals surface area contributed by atoms with Gasteiger partial charge < -0.3 is 4.74 Å². The lowest BCUT2D eigenvalue weighted by Crippen LogP contribution is -2.13. The number of nitrogens with zero attached hydrogens (tertiary/aromatic N) is 4. The van der Waals surface area contributed by atoms with Gasteiger partial charge in [0.05, 0.1) is 29.3 Å². The monoisotopic (exact) mass is 511 g/mol. The van der Waals surface area contributed by atoms with Crippen molar-refractivity contribution in [2.75, 3.05) is 11.8 Å². The van der Waals surface area contributed by atoms with Crippen LogP contribution in [0.5, 0.6) is 5.75 Å². The number of hydrogen-bond donors (Lipinski definition) is 1. The molecule has 8 nitrogen and oxygen atoms in total. The molecule has 182 valence electrons. The van der Waals surface area contributed by atoms with E-state index in [2.05, 4.69) is 25.7 Å². The molecule has 0 bridgehead atoms. The lowest BCUT2D eigenvalue weighted by Gasteiger charge is -2.15. The van der Waals surface area contributed by atoms with Crippen molar-refractivity contribution in [3.63, 3.8) is 0 Å². The van der Waals surface area contributed by atoms with E-state index in [0.717, 1.165) is 0 Å². The Kier molecular flexibility index (Phi) is 6.21. The highest BCUT2D eigenvalue weighted by Gasteiger charge is 2.19. The van der Waals surface area contributed by atoms with E-state index in [1.165, 1.54) is 50.0 Å². The van der Waals surface area contributed by atoms with Crippen LogP contribution in [0.1, 0.15) is 5.56 Å². The molecule has 0 unspecified atom stereocenters. The average Bonchev–Trinajstić information content (AvgIpc) is 2.92. The van der Waals surface area contributed by atoms with Crippen LogP contribution in [0.15, 0.2) is 90.3 Å². The topological polar surface area (TPSA) is 118 Å². The summed E-state index contributed by atoms with van der Waals surface area (Å²) in [5.41, 5.74) is 2.69. The smallest absolute Gasteiger partial charge is 0.263 e. The molecule has 0 saturated heterocycles. The number of halogens is 1. The molecular formula is C27H18FN5O3S. The molecule has 5 rings (SSSR count). The van der Waals surface area contributed by atoms with Crippen molar-refractivity contribution < 1.29 is 17.5 Å². The summed E-state index contributed by atoms with van der Waals surface area (Å²) in [6.07, 6.45) is 4.25. The van der Waals surface area contributed by atoms with E-state index >= 15 is 0 Å². The van der Waals surface area contributed by atoms with Crippen LogP contribution in [0.4, 0.5) is 10.2 Å². The zero-order chi connectivity index (χ0) is 26.0. The summed E-state index contributed by atoms with van der Waals surface area (Å²) < 4.78 is 47.3. The first-order valence-electron chi connectivity index (χ1n) is 11.0. The third kappa shape index (κ3) is 4.68. The predicted molar refractivity (Wildman–Crippen MR) is 137 cm³/mol. The molecule has 0 amide bonds. The van der Waals surface area contributed by atoms with Gasteiger partial charge in [0.2, 0.25) is 0 Å². The number of methoxy groups -OCH3 is 1. The maximum absolute atomic E-state index is 13.4. The van der Waals surface area contributed by atoms with Gasteiger partial charge in [-0.1, -0.05) is 18.2 Å². The fraction of sp³-hybridized carbons (Fsp3) is 0.0370. The van der Waals surface area contributed by atoms with Gasteiger partial charge in [0.1, 0.15) is 23.7 Å². The summed E-state index contributed by atoms with van der Waals surface area (Å²) in [6, 6.07) is 19.2. The van der Waals surface area contributed by atoms with Crippen molar-refractivity contribution in [1.29, 1.82) is 5.26 Å². The predicted octanol–water partition coefficient (Wildman–Crippen LogP) is 5.18. The summed E-state index contributed by atoms with van der Waals surface area (Å²) in [5, 5.41) is 11.2. The zero-order valence-corrected chi connectivity index (χ0v) is 20.2. The molecule has 0 spiro atoms. The third-order valence-corrected chi connectivity index (χ3v) is 7.09. The highest BCUT2D eigenvalue weighted by Crippen LogP contribution is 2.39. The summed E-state index contributed by atoms with van der Waals surface area (Å²) in [6.45, 7) is 0. The van der Waals surface area contributed by atoms with Crippen molar-refractivity contribution in [3.8, 4) is 34.2 Å². The van der Waals surface area contributed by atoms with E-state index in [4.69, 9.17) is 4.74 Å². The lowest BCUT2D eigenvalue weighted by atomic mass is 9.94. The molecule has 2 heterocycles. The lowest BCUT2D eigenvalue weighted by molar-refractivity contribution is 0.416. The number of aromatic nitrogens is 3. The van der Waals surface area contributed by atoms with Crippen molar-refractivity contribution in [3.05, 3.63) is 96.8 Å². The summed E-state index contributed by atoms with van der Waals surface area (Å²) >= 11 is 0. The van der Waals surface area contributed by atoms with Gasteiger partial charge in [-0.25, -0.2) is 22.8 Å². The molecule has 0 saturated carbocycles. The highest BCUT2D eigenvalue weighted by atomic mass is 32.2. The summed E-state index contributed by atoms with van der Waals surface area (Å²) in [7, 11) is -2.39. The minimum absolute atomic E-state index is 0.0482. The Labute approximate surface area is 212 Å². The van der Waals surface area contributed by atoms with Crippen LogP contribution in [-0.2, 0) is 10.0 Å². The third-order valence-electron chi connectivity index (χ3n) is 5.74. The first kappa shape index (κ1) is 23.8. The summed E-state index contributed by atoms with van der Waals surface area (Å²) in [5.74, 6) is 0.236. The second-order valence-corrected chi connectivity index (χ2v) is 9.64. The second-order valence-electron chi connectivity index (χ2n) is 7.96. The van der Waals surface area contributed by atoms with Crippen molar-refractivity contribution in [2.24, 2.45) is 0 Å². The summed E-state index contributed by atoms with van der Waals surface area (Å²) in [4.78, 5) is 12.2. The Balaban J connectivity index is 1.61. The second kappa shape index (κ2) is 9.64. The Hall–Kier alpha value is -4.88. The molecule has 0 radical (unpaired) electrons. The molecule has 37 heavy (non-hydrogen) atoms. The van der Waals surface area contributed by atoms with E-state index in [0.29, 0.717) is 44.5 Å². The Morgan fingerprint density at radius 2 is 1.76 bits per heavy atom. The van der Waals surface area contributed by atoms with Gasteiger partial charge in [0.15, 0.2) is 0 Å². The van der Waals surface area contributed by atoms with Crippen LogP contribution in [0.3, 0.4) is 0 Å². The van der Waals surface area contributed by atoms with Crippen LogP contribution < -0.4 is 9.46 Å². The SMILES string of the molecule is COc1cc(-c2ccc(F)cc2)c(C#N)cc1-c1nccc2cc(S(=O)(=O)Nc3ccncn3)ccc12. The van der Waals surface area contributed by atoms with E-state index in [-0.39, 0.29) is 16.5 Å². The standard InChI is InChI=1S/C27H18FN5O3S/c1-36-25-14-23(17-2-4-20(28)5-3-17)19(15-29)13-24(25)27-22-7-6-21(12-18(22)8-11-31-27)37(34,35)33-26-9-10-30-16-32-26/h2-14,16H,1H3,(H,30,32,33). The van der Waals surface area contributed by atoms with E-state index in [1.54, 1.807) is 42.6 Å². The van der Waals surface area contributed by atoms with Crippen LogP contribution >= 0.6 is 0 Å². The van der Waals surface area contributed by atoms with Gasteiger partial charge in [0, 0.05) is 28.9 Å². The minimum Gasteiger partial charge on any atom is -0.496 e. The molecule has 2 aromatic heterocycles. The number of anilines is 1. The van der Waals surface area contributed by atoms with Crippen LogP contribution in [0.2, 0.25) is 0 Å². The number of nitrogens with one attached hydrogen (secondary N) is 1. The average molecular weight is 512 g/mol. The van der Waals surface area contributed by atoms with E-state index in [9.17, 15) is 18.1 Å². The van der Waals surface area contributed by atoms with E-state index in [1.807, 2.05) is 0 Å². The maximum atomic E-state index is 13.4. The molecular weight excluding hydrogens is 493 g/mol. The normalized spacial score (nSPS) is 11.2. The van der Waals surface area contributed by atoms with Crippen LogP contribution in [0, 0.1) is 17.1 Å². The molecule has 0 fully saturated rings. The molecule has 1 N–H and O–H groups in total. The first-order valence-corrected chi connectivity index (χ1v) is 12.4. The van der Waals surface area contributed by atoms with Crippen LogP contribution in [0.25, 0.3) is 33.2 Å². The molecule has 0 aliphatic rings. The Morgan fingerprint density at radius 1 is 0.946 bits per heavy atom. The number of nitriles is 1. The Bertz CT molecular complexity index is 1770. The molecule has 3 aromatic carbocycles. The van der Waals surface area contributed by atoms with Gasteiger partial charge in [-0.15, -0.1) is 0 Å². The van der Waals surface area contributed by atoms with Crippen LogP contribution in [-0.4, -0.2) is 30.5 Å². The highest BCUT2D eigenvalue weighted by molar-refractivity contribution is 7.92. The number of fused-ring (bicyclic) bond motifs is 1. The zero-order valence-electron chi connectivity index (χ0n) is 19.4. The fourth-order valence-corrected chi connectivity index (χ4v) is 5.02. The first-order chi connectivity index (χ1) is 17.9. The quantitative estimate of drug-likeness (QED) is 0.334. The van der Waals surface area contributed by atoms with Gasteiger partial charge in [0.25, 0.3) is 10.0 Å². The number of pyridine rings is 1. The fourth-order valence-electron chi connectivity index (χ4n) is 3.98. The number of sulfonamides is 1. The number of rotatable bonds is 6. The van der Waals surface area contributed by atoms with Crippen molar-refractivity contribution in [2.45, 2.75) is 4.90 Å². The van der Waals surface area contributed by atoms with Gasteiger partial charge in [-0.05, 0) is 59.5 Å². The Morgan fingerprint density at radius 3 is 2.46 bits per heavy atom. The largest absolute Gasteiger partial charge is 0.496 e. The number of ether oxygens (including phenoxy) is 1. The molecule has 0 aliphatic carbocycles. The maximum Gasteiger partial charge on any atom is 0.263 e. The van der Waals surface area contributed by atoms with Gasteiger partial charge in [-0.3, -0.25) is 9.71 Å². The van der Waals surface area contributed by atoms with Crippen molar-refractivity contribution in [1.82, 2.24) is 15.0 Å². The molecule has 10 heteroatoms. The molecule has 5 aromatic rings. The molecule has 0 aliphatic heterocycles. The van der Waals surface area contributed by atoms with Gasteiger partial charge in [-0.2, -0.15) is 5.26 Å². The number of hydrogen-bond acceptors (Lipinski definition) is 7. The van der Waals surface area contributed by atoms with Crippen molar-refractivity contribution >= 4 is 26.6 Å².